The monoisotopic (exact) mass is 721 g/mol. The molecule has 0 aromatic heterocycles. The lowest BCUT2D eigenvalue weighted by Gasteiger charge is -2.45. The molecule has 0 saturated heterocycles. The molecule has 1 nitrogen and oxygen atoms in total. The van der Waals surface area contributed by atoms with Crippen LogP contribution in [-0.2, 0) is 10.8 Å². The molecular weight excluding hydrogens is 687 g/mol. The van der Waals surface area contributed by atoms with Gasteiger partial charge in [-0.3, -0.25) is 0 Å². The Bertz CT molecular complexity index is 3040. The third-order valence-corrected chi connectivity index (χ3v) is 13.5. The van der Waals surface area contributed by atoms with Crippen LogP contribution in [0.4, 0.5) is 17.1 Å². The zero-order chi connectivity index (χ0) is 37.3. The fraction of sp³-hybridized carbons (Fsp3) is 0.0357. The van der Waals surface area contributed by atoms with Crippen molar-refractivity contribution in [2.75, 3.05) is 4.90 Å². The molecule has 57 heavy (non-hydrogen) atoms. The Labute approximate surface area is 332 Å². The average molecular weight is 722 g/mol. The minimum absolute atomic E-state index is 0.409. The van der Waals surface area contributed by atoms with Crippen LogP contribution in [0.25, 0.3) is 44.5 Å². The highest BCUT2D eigenvalue weighted by Gasteiger charge is 2.54. The van der Waals surface area contributed by atoms with Crippen LogP contribution < -0.4 is 4.90 Å². The molecule has 264 valence electrons. The lowest BCUT2D eigenvalue weighted by atomic mass is 9.63. The number of hydrogen-bond donors (Lipinski definition) is 0. The van der Waals surface area contributed by atoms with Crippen molar-refractivity contribution in [3.63, 3.8) is 0 Å². The maximum Gasteiger partial charge on any atom is 0.0760 e. The van der Waals surface area contributed by atoms with E-state index in [0.717, 1.165) is 5.69 Å². The highest BCUT2D eigenvalue weighted by atomic mass is 15.2. The first-order valence-electron chi connectivity index (χ1n) is 20.0. The number of benzene rings is 9. The van der Waals surface area contributed by atoms with Crippen LogP contribution in [0.1, 0.15) is 44.5 Å². The van der Waals surface area contributed by atoms with Crippen molar-refractivity contribution >= 4 is 17.1 Å². The molecule has 1 heterocycles. The molecule has 9 aromatic carbocycles. The van der Waals surface area contributed by atoms with E-state index in [1.807, 2.05) is 0 Å². The second-order valence-electron chi connectivity index (χ2n) is 15.9. The molecule has 0 radical (unpaired) electrons. The number of rotatable bonds is 2. The highest BCUT2D eigenvalue weighted by molar-refractivity contribution is 6.01. The molecule has 0 N–H and O–H groups in total. The average Bonchev–Trinajstić information content (AvgIpc) is 3.87. The van der Waals surface area contributed by atoms with E-state index >= 15 is 0 Å². The van der Waals surface area contributed by atoms with Crippen molar-refractivity contribution in [1.82, 2.24) is 0 Å². The molecule has 3 aliphatic carbocycles. The van der Waals surface area contributed by atoms with Gasteiger partial charge in [-0.2, -0.15) is 0 Å². The van der Waals surface area contributed by atoms with E-state index < -0.39 is 10.8 Å². The van der Waals surface area contributed by atoms with Crippen LogP contribution >= 0.6 is 0 Å². The third-order valence-electron chi connectivity index (χ3n) is 13.5. The first kappa shape index (κ1) is 31.0. The van der Waals surface area contributed by atoms with Crippen LogP contribution in [0, 0.1) is 0 Å². The molecule has 0 saturated carbocycles. The summed E-state index contributed by atoms with van der Waals surface area (Å²) in [6.45, 7) is 0. The highest BCUT2D eigenvalue weighted by Crippen LogP contribution is 2.66. The lowest BCUT2D eigenvalue weighted by molar-refractivity contribution is 0.754. The number of anilines is 3. The van der Waals surface area contributed by atoms with Gasteiger partial charge < -0.3 is 4.90 Å². The number of hydrogen-bond acceptors (Lipinski definition) is 1. The van der Waals surface area contributed by atoms with E-state index in [0.29, 0.717) is 0 Å². The summed E-state index contributed by atoms with van der Waals surface area (Å²) < 4.78 is 0. The van der Waals surface area contributed by atoms with Crippen LogP contribution in [0.15, 0.2) is 212 Å². The first-order valence-corrected chi connectivity index (χ1v) is 20.0. The minimum Gasteiger partial charge on any atom is -0.310 e. The van der Waals surface area contributed by atoms with E-state index in [1.54, 1.807) is 0 Å². The largest absolute Gasteiger partial charge is 0.310 e. The van der Waals surface area contributed by atoms with Crippen molar-refractivity contribution in [1.29, 1.82) is 0 Å². The molecule has 4 aliphatic rings. The van der Waals surface area contributed by atoms with Gasteiger partial charge in [0.2, 0.25) is 0 Å². The quantitative estimate of drug-likeness (QED) is 0.172. The van der Waals surface area contributed by atoms with Crippen LogP contribution in [-0.4, -0.2) is 0 Å². The summed E-state index contributed by atoms with van der Waals surface area (Å²) in [6.07, 6.45) is 0. The fourth-order valence-corrected chi connectivity index (χ4v) is 11.5. The summed E-state index contributed by atoms with van der Waals surface area (Å²) in [5, 5.41) is 0. The SMILES string of the molecule is c1ccc(N2c3ccccc3C3(c4ccccc4-c4cccc(-c5ccc6c(c5)C5(c7ccccc7-c7ccccc75)c5ccccc5-6)c43)c3ccccc32)cc1. The predicted octanol–water partition coefficient (Wildman–Crippen LogP) is 13.8. The van der Waals surface area contributed by atoms with Gasteiger partial charge in [-0.25, -0.2) is 0 Å². The molecule has 0 atom stereocenters. The van der Waals surface area contributed by atoms with Gasteiger partial charge in [-0.05, 0) is 119 Å². The summed E-state index contributed by atoms with van der Waals surface area (Å²) >= 11 is 0. The summed E-state index contributed by atoms with van der Waals surface area (Å²) in [5.74, 6) is 0. The van der Waals surface area contributed by atoms with Gasteiger partial charge in [0.05, 0.1) is 22.2 Å². The molecule has 2 spiro atoms. The molecule has 1 aliphatic heterocycles. The molecule has 0 amide bonds. The van der Waals surface area contributed by atoms with E-state index in [4.69, 9.17) is 0 Å². The summed E-state index contributed by atoms with van der Waals surface area (Å²) in [6, 6.07) is 79.9. The zero-order valence-electron chi connectivity index (χ0n) is 31.2. The Morgan fingerprint density at radius 2 is 0.667 bits per heavy atom. The van der Waals surface area contributed by atoms with E-state index in [9.17, 15) is 0 Å². The van der Waals surface area contributed by atoms with E-state index in [2.05, 4.69) is 217 Å². The first-order chi connectivity index (χ1) is 28.3. The topological polar surface area (TPSA) is 3.24 Å². The molecule has 1 heteroatoms. The van der Waals surface area contributed by atoms with Crippen molar-refractivity contribution < 1.29 is 0 Å². The standard InChI is InChI=1S/C56H35N/c1-2-17-37(18-3-1)57-52-31-14-12-29-49(52)56(50-30-13-15-32-53(50)57)48-28-11-7-22-42(48)44-24-16-23-38(54(44)56)36-33-34-43-41-21-6-10-27-47(41)55(51(43)35-36)45-25-8-4-19-39(45)40-20-5-9-26-46(40)55/h1-35H. The zero-order valence-corrected chi connectivity index (χ0v) is 31.2. The molecule has 0 bridgehead atoms. The maximum absolute atomic E-state index is 2.55. The molecule has 0 fully saturated rings. The molecule has 9 aromatic rings. The number of para-hydroxylation sites is 3. The Morgan fingerprint density at radius 3 is 1.23 bits per heavy atom. The number of fused-ring (bicyclic) bond motifs is 19. The smallest absolute Gasteiger partial charge is 0.0760 e. The number of nitrogens with zero attached hydrogens (tertiary/aromatic N) is 1. The second-order valence-corrected chi connectivity index (χ2v) is 15.9. The van der Waals surface area contributed by atoms with Gasteiger partial charge in [-0.1, -0.05) is 182 Å². The summed E-state index contributed by atoms with van der Waals surface area (Å²) in [4.78, 5) is 2.46. The predicted molar refractivity (Wildman–Crippen MR) is 234 cm³/mol. The van der Waals surface area contributed by atoms with E-state index in [1.165, 1.54) is 100 Å². The normalized spacial score (nSPS) is 14.9. The van der Waals surface area contributed by atoms with Gasteiger partial charge in [0, 0.05) is 5.69 Å². The minimum atomic E-state index is -0.548. The third kappa shape index (κ3) is 3.70. The van der Waals surface area contributed by atoms with Crippen molar-refractivity contribution in [3.8, 4) is 44.5 Å². The Kier molecular flexibility index (Phi) is 6.09. The van der Waals surface area contributed by atoms with Crippen molar-refractivity contribution in [2.45, 2.75) is 10.8 Å². The Morgan fingerprint density at radius 1 is 0.263 bits per heavy atom. The van der Waals surface area contributed by atoms with Gasteiger partial charge in [0.1, 0.15) is 0 Å². The van der Waals surface area contributed by atoms with E-state index in [-0.39, 0.29) is 0 Å². The summed E-state index contributed by atoms with van der Waals surface area (Å²) in [5.41, 5.74) is 23.8. The van der Waals surface area contributed by atoms with Gasteiger partial charge in [-0.15, -0.1) is 0 Å². The molecule has 0 unspecified atom stereocenters. The fourth-order valence-electron chi connectivity index (χ4n) is 11.5. The van der Waals surface area contributed by atoms with Crippen molar-refractivity contribution in [3.05, 3.63) is 257 Å². The van der Waals surface area contributed by atoms with Crippen LogP contribution in [0.5, 0.6) is 0 Å². The second kappa shape index (κ2) is 11.2. The van der Waals surface area contributed by atoms with Crippen LogP contribution in [0.3, 0.4) is 0 Å². The molecular formula is C56H35N. The Balaban J connectivity index is 1.13. The van der Waals surface area contributed by atoms with Gasteiger partial charge in [0.15, 0.2) is 0 Å². The summed E-state index contributed by atoms with van der Waals surface area (Å²) in [7, 11) is 0. The van der Waals surface area contributed by atoms with Gasteiger partial charge in [0.25, 0.3) is 0 Å². The Hall–Kier alpha value is -7.22. The maximum atomic E-state index is 2.55. The van der Waals surface area contributed by atoms with Gasteiger partial charge >= 0.3 is 0 Å². The van der Waals surface area contributed by atoms with Crippen molar-refractivity contribution in [2.24, 2.45) is 0 Å². The molecule has 13 rings (SSSR count). The van der Waals surface area contributed by atoms with Crippen LogP contribution in [0.2, 0.25) is 0 Å². The lowest BCUT2D eigenvalue weighted by Crippen LogP contribution is -2.36.